The molecule has 0 fully saturated rings. The van der Waals surface area contributed by atoms with Crippen LogP contribution < -0.4 is 0 Å². The molecule has 0 spiro atoms. The number of thiophene rings is 1. The Kier molecular flexibility index (Phi) is 5.38. The van der Waals surface area contributed by atoms with Gasteiger partial charge in [-0.05, 0) is 80.9 Å². The molecule has 0 unspecified atom stereocenters. The molecule has 1 aromatic heterocycles. The van der Waals surface area contributed by atoms with E-state index in [1.807, 2.05) is 34.9 Å². The molecular weight excluding hydrogens is 565 g/mol. The predicted molar refractivity (Wildman–Crippen MR) is 182 cm³/mol. The first-order valence-electron chi connectivity index (χ1n) is 14.3. The van der Waals surface area contributed by atoms with Gasteiger partial charge in [0.05, 0.1) is 0 Å². The van der Waals surface area contributed by atoms with E-state index in [-0.39, 0.29) is 5.41 Å². The summed E-state index contributed by atoms with van der Waals surface area (Å²) in [5, 5.41) is 2.69. The zero-order chi connectivity index (χ0) is 28.0. The van der Waals surface area contributed by atoms with Gasteiger partial charge >= 0.3 is 0 Å². The molecule has 0 radical (unpaired) electrons. The van der Waals surface area contributed by atoms with Crippen LogP contribution >= 0.6 is 34.9 Å². The van der Waals surface area contributed by atoms with Crippen molar-refractivity contribution in [3.8, 4) is 33.4 Å². The highest BCUT2D eigenvalue weighted by molar-refractivity contribution is 8.05. The van der Waals surface area contributed by atoms with Gasteiger partial charge in [-0.3, -0.25) is 0 Å². The molecule has 0 saturated heterocycles. The highest BCUT2D eigenvalue weighted by Crippen LogP contribution is 2.58. The summed E-state index contributed by atoms with van der Waals surface area (Å²) in [6, 6.07) is 45.2. The second-order valence-corrected chi connectivity index (χ2v) is 14.9. The number of rotatable bonds is 2. The third-order valence-corrected chi connectivity index (χ3v) is 12.7. The van der Waals surface area contributed by atoms with Gasteiger partial charge in [0.15, 0.2) is 0 Å². The lowest BCUT2D eigenvalue weighted by atomic mass is 9.81. The van der Waals surface area contributed by atoms with Crippen LogP contribution in [-0.4, -0.2) is 0 Å². The second kappa shape index (κ2) is 9.12. The molecule has 0 bridgehead atoms. The third kappa shape index (κ3) is 3.57. The monoisotopic (exact) mass is 590 g/mol. The first-order valence-corrected chi connectivity index (χ1v) is 16.8. The topological polar surface area (TPSA) is 0 Å². The lowest BCUT2D eigenvalue weighted by Crippen LogP contribution is -2.17. The Morgan fingerprint density at radius 1 is 0.500 bits per heavy atom. The second-order valence-electron chi connectivity index (χ2n) is 11.7. The van der Waals surface area contributed by atoms with Gasteiger partial charge in [0.2, 0.25) is 0 Å². The van der Waals surface area contributed by atoms with Gasteiger partial charge in [-0.1, -0.05) is 122 Å². The molecule has 1 aliphatic carbocycles. The Hall–Kier alpha value is -3.76. The molecule has 2 aliphatic rings. The van der Waals surface area contributed by atoms with Crippen molar-refractivity contribution in [2.45, 2.75) is 38.8 Å². The first-order chi connectivity index (χ1) is 20.6. The first kappa shape index (κ1) is 24.8. The summed E-state index contributed by atoms with van der Waals surface area (Å²) in [6.07, 6.45) is 0. The van der Waals surface area contributed by atoms with E-state index >= 15 is 0 Å². The zero-order valence-corrected chi connectivity index (χ0v) is 25.7. The standard InChI is InChI=1S/C39H26S3/c1-39(2)31-22-24(17-18-27(31)29-19-20-35-38(36(29)39)42-34-16-6-5-15-33(34)40-35)23-9-7-10-25(21-23)26-12-8-13-30-28-11-3-4-14-32(28)41-37(26)30/h3-22H,1-2H3. The van der Waals surface area contributed by atoms with Crippen molar-refractivity contribution in [2.75, 3.05) is 0 Å². The van der Waals surface area contributed by atoms with Crippen molar-refractivity contribution < 1.29 is 0 Å². The average molecular weight is 591 g/mol. The maximum atomic E-state index is 2.45. The van der Waals surface area contributed by atoms with Gasteiger partial charge in [-0.25, -0.2) is 0 Å². The molecule has 2 heterocycles. The lowest BCUT2D eigenvalue weighted by Gasteiger charge is -2.28. The number of benzene rings is 6. The lowest BCUT2D eigenvalue weighted by molar-refractivity contribution is 0.642. The Labute approximate surface area is 258 Å². The summed E-state index contributed by atoms with van der Waals surface area (Å²) in [5.74, 6) is 0. The van der Waals surface area contributed by atoms with Crippen LogP contribution in [-0.2, 0) is 5.41 Å². The van der Waals surface area contributed by atoms with Crippen LogP contribution in [0.25, 0.3) is 53.6 Å². The molecule has 3 heteroatoms. The van der Waals surface area contributed by atoms with E-state index < -0.39 is 0 Å². The Morgan fingerprint density at radius 2 is 1.21 bits per heavy atom. The molecule has 7 aromatic rings. The van der Waals surface area contributed by atoms with Crippen molar-refractivity contribution in [1.29, 1.82) is 0 Å². The fraction of sp³-hybridized carbons (Fsp3) is 0.0769. The summed E-state index contributed by atoms with van der Waals surface area (Å²) in [4.78, 5) is 5.53. The SMILES string of the molecule is CC1(C)c2cc(-c3cccc(-c4cccc5c4sc4ccccc45)c3)ccc2-c2ccc3c(c21)Sc1ccccc1S3. The van der Waals surface area contributed by atoms with Gasteiger partial charge < -0.3 is 0 Å². The van der Waals surface area contributed by atoms with Crippen molar-refractivity contribution in [2.24, 2.45) is 0 Å². The Bertz CT molecular complexity index is 2230. The van der Waals surface area contributed by atoms with Gasteiger partial charge in [0.1, 0.15) is 0 Å². The molecule has 1 aliphatic heterocycles. The van der Waals surface area contributed by atoms with Gasteiger partial charge in [0.25, 0.3) is 0 Å². The molecular formula is C39H26S3. The van der Waals surface area contributed by atoms with Gasteiger partial charge in [0, 0.05) is 45.2 Å². The molecule has 0 saturated carbocycles. The van der Waals surface area contributed by atoms with E-state index in [0.717, 1.165) is 0 Å². The largest absolute Gasteiger partial charge is 0.135 e. The summed E-state index contributed by atoms with van der Waals surface area (Å²) in [6.45, 7) is 4.82. The molecule has 0 N–H and O–H groups in total. The van der Waals surface area contributed by atoms with Crippen molar-refractivity contribution >= 4 is 55.0 Å². The van der Waals surface area contributed by atoms with Gasteiger partial charge in [-0.15, -0.1) is 11.3 Å². The van der Waals surface area contributed by atoms with E-state index in [9.17, 15) is 0 Å². The van der Waals surface area contributed by atoms with Crippen molar-refractivity contribution in [1.82, 2.24) is 0 Å². The maximum Gasteiger partial charge on any atom is 0.0433 e. The third-order valence-electron chi connectivity index (χ3n) is 8.92. The molecule has 200 valence electrons. The van der Waals surface area contributed by atoms with Crippen LogP contribution in [0.4, 0.5) is 0 Å². The Morgan fingerprint density at radius 3 is 2.12 bits per heavy atom. The van der Waals surface area contributed by atoms with Crippen LogP contribution in [0.1, 0.15) is 25.0 Å². The van der Waals surface area contributed by atoms with Crippen LogP contribution in [0.5, 0.6) is 0 Å². The molecule has 42 heavy (non-hydrogen) atoms. The number of hydrogen-bond acceptors (Lipinski definition) is 3. The number of fused-ring (bicyclic) bond motifs is 9. The zero-order valence-electron chi connectivity index (χ0n) is 23.3. The minimum absolute atomic E-state index is 0.0772. The fourth-order valence-electron chi connectivity index (χ4n) is 6.89. The van der Waals surface area contributed by atoms with E-state index in [2.05, 4.69) is 135 Å². The normalized spacial score (nSPS) is 14.4. The van der Waals surface area contributed by atoms with Crippen LogP contribution in [0.15, 0.2) is 141 Å². The average Bonchev–Trinajstić information content (AvgIpc) is 3.52. The van der Waals surface area contributed by atoms with E-state index in [1.165, 1.54) is 84.3 Å². The molecule has 9 rings (SSSR count). The molecule has 0 nitrogen and oxygen atoms in total. The van der Waals surface area contributed by atoms with E-state index in [1.54, 1.807) is 0 Å². The molecule has 0 amide bonds. The molecule has 6 aromatic carbocycles. The van der Waals surface area contributed by atoms with Crippen LogP contribution in [0.2, 0.25) is 0 Å². The smallest absolute Gasteiger partial charge is 0.0433 e. The minimum Gasteiger partial charge on any atom is -0.135 e. The van der Waals surface area contributed by atoms with Crippen LogP contribution in [0, 0.1) is 0 Å². The van der Waals surface area contributed by atoms with Gasteiger partial charge in [-0.2, -0.15) is 0 Å². The fourth-order valence-corrected chi connectivity index (χ4v) is 10.7. The minimum atomic E-state index is -0.0772. The molecule has 0 atom stereocenters. The summed E-state index contributed by atoms with van der Waals surface area (Å²) < 4.78 is 2.71. The Balaban J connectivity index is 1.14. The summed E-state index contributed by atoms with van der Waals surface area (Å²) >= 11 is 5.75. The quantitative estimate of drug-likeness (QED) is 0.196. The highest BCUT2D eigenvalue weighted by atomic mass is 32.2. The maximum absolute atomic E-state index is 2.45. The van der Waals surface area contributed by atoms with Crippen molar-refractivity contribution in [3.05, 3.63) is 132 Å². The predicted octanol–water partition coefficient (Wildman–Crippen LogP) is 12.3. The summed E-state index contributed by atoms with van der Waals surface area (Å²) in [5.41, 5.74) is 10.7. The highest BCUT2D eigenvalue weighted by Gasteiger charge is 2.39. The van der Waals surface area contributed by atoms with E-state index in [0.29, 0.717) is 0 Å². The number of hydrogen-bond donors (Lipinski definition) is 0. The summed E-state index contributed by atoms with van der Waals surface area (Å²) in [7, 11) is 0. The van der Waals surface area contributed by atoms with Crippen molar-refractivity contribution in [3.63, 3.8) is 0 Å². The van der Waals surface area contributed by atoms with E-state index in [4.69, 9.17) is 0 Å². The van der Waals surface area contributed by atoms with Crippen LogP contribution in [0.3, 0.4) is 0 Å².